The highest BCUT2D eigenvalue weighted by Crippen LogP contribution is 2.33. The van der Waals surface area contributed by atoms with Gasteiger partial charge < -0.3 is 18.9 Å². The van der Waals surface area contributed by atoms with E-state index in [2.05, 4.69) is 19.7 Å². The molecule has 0 spiro atoms. The van der Waals surface area contributed by atoms with Gasteiger partial charge in [-0.25, -0.2) is 14.4 Å². The van der Waals surface area contributed by atoms with E-state index < -0.39 is 35.6 Å². The Morgan fingerprint density at radius 2 is 0.974 bits per heavy atom. The lowest BCUT2D eigenvalue weighted by molar-refractivity contribution is -0.137. The quantitative estimate of drug-likeness (QED) is 0.186. The van der Waals surface area contributed by atoms with Crippen molar-refractivity contribution in [2.24, 2.45) is 5.92 Å². The average molecular weight is 521 g/mol. The van der Waals surface area contributed by atoms with Gasteiger partial charge in [-0.2, -0.15) is 0 Å². The van der Waals surface area contributed by atoms with Crippen molar-refractivity contribution in [1.82, 2.24) is 0 Å². The zero-order chi connectivity index (χ0) is 28.7. The van der Waals surface area contributed by atoms with Crippen molar-refractivity contribution in [2.45, 2.75) is 34.6 Å². The third-order valence-electron chi connectivity index (χ3n) is 4.75. The van der Waals surface area contributed by atoms with Crippen LogP contribution in [0.25, 0.3) is 0 Å². The summed E-state index contributed by atoms with van der Waals surface area (Å²) in [6.45, 7) is 18.1. The van der Waals surface area contributed by atoms with Gasteiger partial charge in [0.05, 0.1) is 17.0 Å². The molecule has 0 aromatic heterocycles. The van der Waals surface area contributed by atoms with E-state index in [0.29, 0.717) is 0 Å². The highest BCUT2D eigenvalue weighted by molar-refractivity contribution is 6.13. The molecule has 2 aromatic carbocycles. The van der Waals surface area contributed by atoms with Crippen molar-refractivity contribution < 1.29 is 42.9 Å². The molecule has 9 heteroatoms. The summed E-state index contributed by atoms with van der Waals surface area (Å²) >= 11 is 0. The van der Waals surface area contributed by atoms with Gasteiger partial charge in [-0.1, -0.05) is 33.6 Å². The monoisotopic (exact) mass is 520 g/mol. The first-order valence-corrected chi connectivity index (χ1v) is 11.4. The molecule has 0 aliphatic heterocycles. The number of rotatable bonds is 10. The number of ketones is 1. The maximum absolute atomic E-state index is 13.6. The molecule has 0 bridgehead atoms. The van der Waals surface area contributed by atoms with Gasteiger partial charge in [-0.05, 0) is 45.0 Å². The van der Waals surface area contributed by atoms with Crippen molar-refractivity contribution in [1.29, 1.82) is 0 Å². The molecule has 2 aromatic rings. The standard InChI is InChI=1S/C29H28O9/c1-15(2)26(31)35-19-9-11-21(23(13-19)37-28(33)17(5)6)25(30)22-12-10-20(36-27(32)16(3)4)14-24(22)38-29(34)18(7)8/h9-14,18H,1,3,5H2,2,4,6-8H3. The Morgan fingerprint density at radius 1 is 0.605 bits per heavy atom. The smallest absolute Gasteiger partial charge is 0.338 e. The van der Waals surface area contributed by atoms with Crippen molar-refractivity contribution >= 4 is 29.7 Å². The third-order valence-corrected chi connectivity index (χ3v) is 4.75. The van der Waals surface area contributed by atoms with Crippen LogP contribution in [-0.4, -0.2) is 29.7 Å². The van der Waals surface area contributed by atoms with Gasteiger partial charge in [0, 0.05) is 28.9 Å². The zero-order valence-corrected chi connectivity index (χ0v) is 21.8. The maximum Gasteiger partial charge on any atom is 0.338 e. The predicted molar refractivity (Wildman–Crippen MR) is 138 cm³/mol. The summed E-state index contributed by atoms with van der Waals surface area (Å²) in [7, 11) is 0. The second-order valence-electron chi connectivity index (χ2n) is 8.73. The van der Waals surface area contributed by atoms with E-state index in [1.54, 1.807) is 13.8 Å². The molecule has 0 aliphatic carbocycles. The minimum Gasteiger partial charge on any atom is -0.425 e. The molecule has 0 radical (unpaired) electrons. The average Bonchev–Trinajstić information content (AvgIpc) is 2.83. The Balaban J connectivity index is 2.61. The van der Waals surface area contributed by atoms with E-state index in [1.165, 1.54) is 57.2 Å². The van der Waals surface area contributed by atoms with E-state index in [1.807, 2.05) is 0 Å². The molecular formula is C29H28O9. The number of carbonyl (C=O) groups excluding carboxylic acids is 5. The van der Waals surface area contributed by atoms with Gasteiger partial charge in [0.25, 0.3) is 0 Å². The van der Waals surface area contributed by atoms with Crippen LogP contribution in [0.15, 0.2) is 72.9 Å². The second kappa shape index (κ2) is 12.4. The van der Waals surface area contributed by atoms with Gasteiger partial charge in [0.15, 0.2) is 0 Å². The van der Waals surface area contributed by atoms with Gasteiger partial charge >= 0.3 is 23.9 Å². The van der Waals surface area contributed by atoms with Crippen LogP contribution >= 0.6 is 0 Å². The Labute approximate surface area is 220 Å². The van der Waals surface area contributed by atoms with E-state index in [0.717, 1.165) is 0 Å². The molecule has 0 atom stereocenters. The van der Waals surface area contributed by atoms with Gasteiger partial charge in [0.2, 0.25) is 5.78 Å². The molecular weight excluding hydrogens is 492 g/mol. The summed E-state index contributed by atoms with van der Waals surface area (Å²) in [5.74, 6) is -4.53. The van der Waals surface area contributed by atoms with Crippen LogP contribution in [0, 0.1) is 5.92 Å². The molecule has 2 rings (SSSR count). The highest BCUT2D eigenvalue weighted by atomic mass is 16.6. The van der Waals surface area contributed by atoms with E-state index in [4.69, 9.17) is 18.9 Å². The second-order valence-corrected chi connectivity index (χ2v) is 8.73. The van der Waals surface area contributed by atoms with Crippen molar-refractivity contribution in [2.75, 3.05) is 0 Å². The Hall–Kier alpha value is -4.79. The predicted octanol–water partition coefficient (Wildman–Crippen LogP) is 4.92. The van der Waals surface area contributed by atoms with Crippen molar-refractivity contribution in [3.63, 3.8) is 0 Å². The normalized spacial score (nSPS) is 10.3. The van der Waals surface area contributed by atoms with Crippen molar-refractivity contribution in [3.05, 3.63) is 84.0 Å². The van der Waals surface area contributed by atoms with Crippen LogP contribution in [0.5, 0.6) is 23.0 Å². The van der Waals surface area contributed by atoms with Crippen LogP contribution in [0.1, 0.15) is 50.5 Å². The minimum absolute atomic E-state index is 0.00687. The van der Waals surface area contributed by atoms with E-state index >= 15 is 0 Å². The molecule has 198 valence electrons. The molecule has 0 amide bonds. The lowest BCUT2D eigenvalue weighted by Gasteiger charge is -2.15. The Kier molecular flexibility index (Phi) is 9.64. The van der Waals surface area contributed by atoms with Gasteiger partial charge in [-0.15, -0.1) is 0 Å². The largest absolute Gasteiger partial charge is 0.425 e. The molecule has 0 saturated heterocycles. The molecule has 0 unspecified atom stereocenters. The number of hydrogen-bond acceptors (Lipinski definition) is 9. The van der Waals surface area contributed by atoms with Gasteiger partial charge in [-0.3, -0.25) is 9.59 Å². The Bertz CT molecular complexity index is 1360. The molecule has 9 nitrogen and oxygen atoms in total. The Morgan fingerprint density at radius 3 is 1.34 bits per heavy atom. The molecule has 0 saturated carbocycles. The summed E-state index contributed by atoms with van der Waals surface area (Å²) < 4.78 is 21.1. The molecule has 0 heterocycles. The number of hydrogen-bond donors (Lipinski definition) is 0. The van der Waals surface area contributed by atoms with Gasteiger partial charge in [0.1, 0.15) is 23.0 Å². The lowest BCUT2D eigenvalue weighted by Crippen LogP contribution is -2.18. The number of benzene rings is 2. The lowest BCUT2D eigenvalue weighted by atomic mass is 10.0. The summed E-state index contributed by atoms with van der Waals surface area (Å²) in [6.07, 6.45) is 0. The van der Waals surface area contributed by atoms with Crippen LogP contribution in [0.3, 0.4) is 0 Å². The number of carbonyl (C=O) groups is 5. The highest BCUT2D eigenvalue weighted by Gasteiger charge is 2.25. The first-order valence-electron chi connectivity index (χ1n) is 11.4. The number of ether oxygens (including phenoxy) is 4. The fourth-order valence-electron chi connectivity index (χ4n) is 2.62. The summed E-state index contributed by atoms with van der Waals surface area (Å²) in [4.78, 5) is 62.2. The molecule has 38 heavy (non-hydrogen) atoms. The summed E-state index contributed by atoms with van der Waals surface area (Å²) in [6, 6.07) is 7.66. The summed E-state index contributed by atoms with van der Waals surface area (Å²) in [5, 5.41) is 0. The van der Waals surface area contributed by atoms with Crippen LogP contribution < -0.4 is 18.9 Å². The zero-order valence-electron chi connectivity index (χ0n) is 21.8. The molecule has 0 fully saturated rings. The van der Waals surface area contributed by atoms with Crippen LogP contribution in [-0.2, 0) is 19.2 Å². The van der Waals surface area contributed by atoms with E-state index in [-0.39, 0.29) is 50.8 Å². The minimum atomic E-state index is -0.823. The summed E-state index contributed by atoms with van der Waals surface area (Å²) in [5.41, 5.74) is 0.136. The fourth-order valence-corrected chi connectivity index (χ4v) is 2.62. The van der Waals surface area contributed by atoms with Crippen molar-refractivity contribution in [3.8, 4) is 23.0 Å². The first-order chi connectivity index (χ1) is 17.7. The van der Waals surface area contributed by atoms with Crippen LogP contribution in [0.2, 0.25) is 0 Å². The van der Waals surface area contributed by atoms with Crippen LogP contribution in [0.4, 0.5) is 0 Å². The number of esters is 4. The maximum atomic E-state index is 13.6. The molecule has 0 aliphatic rings. The van der Waals surface area contributed by atoms with E-state index in [9.17, 15) is 24.0 Å². The SMILES string of the molecule is C=C(C)C(=O)Oc1ccc(C(=O)c2ccc(OC(=O)C(=C)C)cc2OC(=O)C(C)C)c(OC(=O)C(=C)C)c1. The fraction of sp³-hybridized carbons (Fsp3) is 0.207. The molecule has 0 N–H and O–H groups in total. The topological polar surface area (TPSA) is 122 Å². The third kappa shape index (κ3) is 7.60. The first kappa shape index (κ1) is 29.4.